The van der Waals surface area contributed by atoms with Crippen molar-refractivity contribution in [1.29, 1.82) is 0 Å². The van der Waals surface area contributed by atoms with Gasteiger partial charge in [-0.15, -0.1) is 0 Å². The van der Waals surface area contributed by atoms with Crippen LogP contribution in [-0.2, 0) is 4.74 Å². The molecule has 1 aromatic heterocycles. The van der Waals surface area contributed by atoms with E-state index in [0.29, 0.717) is 39.0 Å². The lowest BCUT2D eigenvalue weighted by Crippen LogP contribution is -2.04. The Kier molecular flexibility index (Phi) is 4.86. The number of rotatable bonds is 6. The molecule has 0 saturated carbocycles. The first-order valence-corrected chi connectivity index (χ1v) is 8.95. The van der Waals surface area contributed by atoms with Gasteiger partial charge in [-0.1, -0.05) is 24.8 Å². The van der Waals surface area contributed by atoms with Crippen LogP contribution in [0, 0.1) is 0 Å². The molecule has 1 heterocycles. The fourth-order valence-corrected chi connectivity index (χ4v) is 3.57. The maximum Gasteiger partial charge on any atom is 0.344 e. The molecule has 0 spiro atoms. The fraction of sp³-hybridized carbons (Fsp3) is 0.174. The molecule has 4 rings (SSSR count). The van der Waals surface area contributed by atoms with Crippen LogP contribution in [0.3, 0.4) is 0 Å². The monoisotopic (exact) mass is 392 g/mol. The van der Waals surface area contributed by atoms with Crippen molar-refractivity contribution in [2.24, 2.45) is 0 Å². The summed E-state index contributed by atoms with van der Waals surface area (Å²) >= 11 is 0. The van der Waals surface area contributed by atoms with Crippen LogP contribution in [-0.4, -0.2) is 28.1 Å². The highest BCUT2D eigenvalue weighted by atomic mass is 16.7. The first-order valence-electron chi connectivity index (χ1n) is 8.95. The van der Waals surface area contributed by atoms with Gasteiger partial charge < -0.3 is 23.4 Å². The van der Waals surface area contributed by atoms with Gasteiger partial charge in [0.1, 0.15) is 17.2 Å². The Hall–Kier alpha value is -3.51. The number of hydrogen-bond acceptors (Lipinski definition) is 6. The maximum atomic E-state index is 12.9. The Balaban J connectivity index is 2.23. The number of fused-ring (bicyclic) bond motifs is 5. The molecule has 3 aromatic carbocycles. The predicted octanol–water partition coefficient (Wildman–Crippen LogP) is 4.74. The summed E-state index contributed by atoms with van der Waals surface area (Å²) in [7, 11) is 4.68. The minimum atomic E-state index is -0.465. The second-order valence-electron chi connectivity index (χ2n) is 6.42. The molecule has 0 fully saturated rings. The molecule has 4 aromatic rings. The molecule has 0 amide bonds. The summed E-state index contributed by atoms with van der Waals surface area (Å²) < 4.78 is 27.7. The second kappa shape index (κ2) is 7.48. The van der Waals surface area contributed by atoms with Crippen molar-refractivity contribution in [1.82, 2.24) is 0 Å². The van der Waals surface area contributed by atoms with E-state index in [1.807, 2.05) is 30.3 Å². The van der Waals surface area contributed by atoms with Crippen molar-refractivity contribution >= 4 is 38.6 Å². The fourth-order valence-electron chi connectivity index (χ4n) is 3.57. The predicted molar refractivity (Wildman–Crippen MR) is 113 cm³/mol. The van der Waals surface area contributed by atoms with Crippen molar-refractivity contribution in [3.8, 4) is 17.2 Å². The minimum absolute atomic E-state index is 0.0965. The van der Waals surface area contributed by atoms with E-state index in [1.54, 1.807) is 33.5 Å². The summed E-state index contributed by atoms with van der Waals surface area (Å²) in [4.78, 5) is 12.9. The molecule has 6 nitrogen and oxygen atoms in total. The Morgan fingerprint density at radius 1 is 0.931 bits per heavy atom. The highest BCUT2D eigenvalue weighted by molar-refractivity contribution is 6.19. The molecule has 0 aliphatic heterocycles. The van der Waals surface area contributed by atoms with Gasteiger partial charge in [0.15, 0.2) is 12.4 Å². The summed E-state index contributed by atoms with van der Waals surface area (Å²) in [6.45, 7) is 3.87. The van der Waals surface area contributed by atoms with Crippen molar-refractivity contribution < 1.29 is 23.4 Å². The van der Waals surface area contributed by atoms with Gasteiger partial charge >= 0.3 is 5.63 Å². The summed E-state index contributed by atoms with van der Waals surface area (Å²) in [6.07, 6.45) is 1.66. The normalized spacial score (nSPS) is 11.1. The smallest absolute Gasteiger partial charge is 0.344 e. The lowest BCUT2D eigenvalue weighted by atomic mass is 9.99. The first-order chi connectivity index (χ1) is 14.1. The largest absolute Gasteiger partial charge is 0.496 e. The second-order valence-corrected chi connectivity index (χ2v) is 6.42. The number of ether oxygens (including phenoxy) is 4. The van der Waals surface area contributed by atoms with Gasteiger partial charge in [-0.2, -0.15) is 0 Å². The minimum Gasteiger partial charge on any atom is -0.496 e. The highest BCUT2D eigenvalue weighted by Gasteiger charge is 2.20. The van der Waals surface area contributed by atoms with E-state index in [2.05, 4.69) is 6.58 Å². The van der Waals surface area contributed by atoms with Crippen LogP contribution in [0.5, 0.6) is 17.2 Å². The maximum absolute atomic E-state index is 12.9. The van der Waals surface area contributed by atoms with Crippen LogP contribution in [0.25, 0.3) is 38.6 Å². The third-order valence-electron chi connectivity index (χ3n) is 4.86. The Bertz CT molecular complexity index is 1300. The zero-order valence-corrected chi connectivity index (χ0v) is 16.4. The van der Waals surface area contributed by atoms with Crippen LogP contribution >= 0.6 is 0 Å². The van der Waals surface area contributed by atoms with E-state index in [9.17, 15) is 4.79 Å². The molecule has 0 aliphatic carbocycles. The van der Waals surface area contributed by atoms with Gasteiger partial charge in [0.2, 0.25) is 0 Å². The molecule has 0 aliphatic rings. The van der Waals surface area contributed by atoms with Crippen LogP contribution < -0.4 is 19.8 Å². The Morgan fingerprint density at radius 3 is 2.38 bits per heavy atom. The molecule has 0 saturated heterocycles. The van der Waals surface area contributed by atoms with E-state index in [-0.39, 0.29) is 6.79 Å². The average molecular weight is 392 g/mol. The standard InChI is InChI=1S/C23H20O6/c1-5-13-9-16-20(18(10-13)26-3)21-19(27-4)11-15-14(22(21)29-23(16)24)7-6-8-17(15)28-12-25-2/h5-11H,1,12H2,2-4H3. The SMILES string of the molecule is C=Cc1cc(OC)c2c(c1)c(=O)oc1c3cccc(OCOC)c3cc(OC)c12. The van der Waals surface area contributed by atoms with Gasteiger partial charge in [0, 0.05) is 23.3 Å². The summed E-state index contributed by atoms with van der Waals surface area (Å²) in [6, 6.07) is 11.0. The van der Waals surface area contributed by atoms with Crippen molar-refractivity contribution in [3.05, 3.63) is 59.0 Å². The average Bonchev–Trinajstić information content (AvgIpc) is 2.76. The van der Waals surface area contributed by atoms with E-state index in [0.717, 1.165) is 16.3 Å². The molecule has 6 heteroatoms. The van der Waals surface area contributed by atoms with E-state index in [4.69, 9.17) is 23.4 Å². The van der Waals surface area contributed by atoms with Crippen LogP contribution in [0.1, 0.15) is 5.56 Å². The van der Waals surface area contributed by atoms with Crippen molar-refractivity contribution in [2.45, 2.75) is 0 Å². The van der Waals surface area contributed by atoms with Gasteiger partial charge in [0.25, 0.3) is 0 Å². The van der Waals surface area contributed by atoms with E-state index >= 15 is 0 Å². The molecule has 0 N–H and O–H groups in total. The number of hydrogen-bond donors (Lipinski definition) is 0. The summed E-state index contributed by atoms with van der Waals surface area (Å²) in [5.74, 6) is 1.68. The lowest BCUT2D eigenvalue weighted by Gasteiger charge is -2.15. The third-order valence-corrected chi connectivity index (χ3v) is 4.86. The molecule has 29 heavy (non-hydrogen) atoms. The molecule has 0 atom stereocenters. The zero-order valence-electron chi connectivity index (χ0n) is 16.4. The Morgan fingerprint density at radius 2 is 1.69 bits per heavy atom. The van der Waals surface area contributed by atoms with Gasteiger partial charge in [-0.25, -0.2) is 4.79 Å². The molecule has 0 radical (unpaired) electrons. The summed E-state index contributed by atoms with van der Waals surface area (Å²) in [5.41, 5.74) is 0.702. The van der Waals surface area contributed by atoms with Crippen LogP contribution in [0.15, 0.2) is 52.2 Å². The number of benzene rings is 3. The molecular formula is C23H20O6. The topological polar surface area (TPSA) is 67.1 Å². The van der Waals surface area contributed by atoms with E-state index < -0.39 is 5.63 Å². The zero-order chi connectivity index (χ0) is 20.5. The van der Waals surface area contributed by atoms with Crippen LogP contribution in [0.4, 0.5) is 0 Å². The van der Waals surface area contributed by atoms with Gasteiger partial charge in [0.05, 0.1) is 25.0 Å². The molecular weight excluding hydrogens is 372 g/mol. The van der Waals surface area contributed by atoms with E-state index in [1.165, 1.54) is 0 Å². The van der Waals surface area contributed by atoms with Gasteiger partial charge in [-0.3, -0.25) is 0 Å². The quantitative estimate of drug-likeness (QED) is 0.268. The van der Waals surface area contributed by atoms with Crippen molar-refractivity contribution in [2.75, 3.05) is 28.1 Å². The van der Waals surface area contributed by atoms with Crippen LogP contribution in [0.2, 0.25) is 0 Å². The van der Waals surface area contributed by atoms with Crippen molar-refractivity contribution in [3.63, 3.8) is 0 Å². The highest BCUT2D eigenvalue weighted by Crippen LogP contribution is 2.43. The number of methoxy groups -OCH3 is 3. The first kappa shape index (κ1) is 18.8. The third kappa shape index (κ3) is 2.98. The Labute approximate surface area is 166 Å². The molecule has 0 unspecified atom stereocenters. The molecule has 148 valence electrons. The lowest BCUT2D eigenvalue weighted by molar-refractivity contribution is 0.0522. The van der Waals surface area contributed by atoms with Gasteiger partial charge in [-0.05, 0) is 29.8 Å². The summed E-state index contributed by atoms with van der Waals surface area (Å²) in [5, 5.41) is 3.16. The molecule has 0 bridgehead atoms.